The lowest BCUT2D eigenvalue weighted by molar-refractivity contribution is -0.00558. The maximum atomic E-state index is 13.0. The van der Waals surface area contributed by atoms with Crippen LogP contribution in [0, 0.1) is 11.7 Å². The predicted octanol–water partition coefficient (Wildman–Crippen LogP) is 2.79. The van der Waals surface area contributed by atoms with Crippen LogP contribution in [-0.4, -0.2) is 24.4 Å². The van der Waals surface area contributed by atoms with Gasteiger partial charge in [0.25, 0.3) is 0 Å². The molecule has 2 nitrogen and oxygen atoms in total. The summed E-state index contributed by atoms with van der Waals surface area (Å²) in [5.41, 5.74) is -0.0222. The fourth-order valence-corrected chi connectivity index (χ4v) is 1.84. The third kappa shape index (κ3) is 4.44. The first-order valence-corrected chi connectivity index (χ1v) is 5.91. The molecule has 17 heavy (non-hydrogen) atoms. The summed E-state index contributed by atoms with van der Waals surface area (Å²) < 4.78 is 18.1. The van der Waals surface area contributed by atoms with E-state index in [4.69, 9.17) is 4.74 Å². The highest BCUT2D eigenvalue weighted by Gasteiger charge is 2.28. The number of hydrogen-bond donors (Lipinski definition) is 1. The number of aliphatic hydroxyl groups is 1. The summed E-state index contributed by atoms with van der Waals surface area (Å²) in [5, 5.41) is 10.4. The Morgan fingerprint density at radius 2 is 2.18 bits per heavy atom. The molecule has 0 aliphatic rings. The van der Waals surface area contributed by atoms with Crippen molar-refractivity contribution >= 4 is 0 Å². The van der Waals surface area contributed by atoms with Gasteiger partial charge >= 0.3 is 0 Å². The van der Waals surface area contributed by atoms with E-state index >= 15 is 0 Å². The Bertz CT molecular complexity index is 350. The van der Waals surface area contributed by atoms with Crippen LogP contribution in [-0.2, 0) is 11.2 Å². The first kappa shape index (κ1) is 14.1. The molecular formula is C14H21FO2. The Morgan fingerprint density at radius 1 is 1.47 bits per heavy atom. The summed E-state index contributed by atoms with van der Waals surface area (Å²) >= 11 is 0. The van der Waals surface area contributed by atoms with Crippen molar-refractivity contribution in [3.63, 3.8) is 0 Å². The molecule has 0 aliphatic carbocycles. The quantitative estimate of drug-likeness (QED) is 0.828. The standard InChI is InChI=1S/C14H21FO2/c1-11(7-8-17-3)14(2,16)10-12-5-4-6-13(15)9-12/h4-6,9,11,16H,7-8,10H2,1-3H3. The highest BCUT2D eigenvalue weighted by Crippen LogP contribution is 2.25. The summed E-state index contributed by atoms with van der Waals surface area (Å²) in [7, 11) is 1.65. The molecule has 0 radical (unpaired) electrons. The highest BCUT2D eigenvalue weighted by atomic mass is 19.1. The van der Waals surface area contributed by atoms with Gasteiger partial charge in [-0.15, -0.1) is 0 Å². The van der Waals surface area contributed by atoms with Crippen LogP contribution in [0.1, 0.15) is 25.8 Å². The maximum absolute atomic E-state index is 13.0. The zero-order valence-electron chi connectivity index (χ0n) is 10.7. The van der Waals surface area contributed by atoms with Crippen LogP contribution in [0.4, 0.5) is 4.39 Å². The Labute approximate surface area is 102 Å². The van der Waals surface area contributed by atoms with Gasteiger partial charge in [-0.25, -0.2) is 4.39 Å². The second kappa shape index (κ2) is 6.12. The van der Waals surface area contributed by atoms with Crippen LogP contribution >= 0.6 is 0 Å². The lowest BCUT2D eigenvalue weighted by atomic mass is 9.83. The topological polar surface area (TPSA) is 29.5 Å². The van der Waals surface area contributed by atoms with E-state index in [0.717, 1.165) is 12.0 Å². The summed E-state index contributed by atoms with van der Waals surface area (Å²) in [4.78, 5) is 0. The van der Waals surface area contributed by atoms with Crippen molar-refractivity contribution in [3.8, 4) is 0 Å². The van der Waals surface area contributed by atoms with Crippen molar-refractivity contribution in [3.05, 3.63) is 35.6 Å². The van der Waals surface area contributed by atoms with Gasteiger partial charge in [-0.2, -0.15) is 0 Å². The van der Waals surface area contributed by atoms with Gasteiger partial charge in [0.15, 0.2) is 0 Å². The van der Waals surface area contributed by atoms with Crippen molar-refractivity contribution in [1.29, 1.82) is 0 Å². The average Bonchev–Trinajstić information content (AvgIpc) is 2.25. The molecule has 2 atom stereocenters. The fraction of sp³-hybridized carbons (Fsp3) is 0.571. The van der Waals surface area contributed by atoms with Gasteiger partial charge < -0.3 is 9.84 Å². The van der Waals surface area contributed by atoms with E-state index in [2.05, 4.69) is 0 Å². The summed E-state index contributed by atoms with van der Waals surface area (Å²) in [6, 6.07) is 6.38. The van der Waals surface area contributed by atoms with Gasteiger partial charge in [0.1, 0.15) is 5.82 Å². The Kier molecular flexibility index (Phi) is 5.09. The number of methoxy groups -OCH3 is 1. The lowest BCUT2D eigenvalue weighted by Gasteiger charge is -2.30. The maximum Gasteiger partial charge on any atom is 0.123 e. The molecule has 0 saturated heterocycles. The zero-order valence-corrected chi connectivity index (χ0v) is 10.7. The SMILES string of the molecule is COCCC(C)C(C)(O)Cc1cccc(F)c1. The van der Waals surface area contributed by atoms with Crippen LogP contribution in [0.5, 0.6) is 0 Å². The Morgan fingerprint density at radius 3 is 2.76 bits per heavy atom. The van der Waals surface area contributed by atoms with Crippen LogP contribution < -0.4 is 0 Å². The molecule has 0 bridgehead atoms. The third-order valence-electron chi connectivity index (χ3n) is 3.27. The molecule has 0 fully saturated rings. The van der Waals surface area contributed by atoms with Gasteiger partial charge in [0.05, 0.1) is 5.60 Å². The van der Waals surface area contributed by atoms with Gasteiger partial charge in [0.2, 0.25) is 0 Å². The summed E-state index contributed by atoms with van der Waals surface area (Å²) in [6.07, 6.45) is 1.24. The molecule has 0 saturated carbocycles. The molecular weight excluding hydrogens is 219 g/mol. The Hall–Kier alpha value is -0.930. The van der Waals surface area contributed by atoms with Gasteiger partial charge in [-0.1, -0.05) is 19.1 Å². The van der Waals surface area contributed by atoms with E-state index in [-0.39, 0.29) is 11.7 Å². The van der Waals surface area contributed by atoms with Crippen molar-refractivity contribution in [2.45, 2.75) is 32.3 Å². The van der Waals surface area contributed by atoms with Gasteiger partial charge in [-0.05, 0) is 37.0 Å². The van der Waals surface area contributed by atoms with Crippen LogP contribution in [0.25, 0.3) is 0 Å². The van der Waals surface area contributed by atoms with Crippen LogP contribution in [0.3, 0.4) is 0 Å². The van der Waals surface area contributed by atoms with Crippen LogP contribution in [0.2, 0.25) is 0 Å². The number of halogens is 1. The van der Waals surface area contributed by atoms with E-state index in [1.54, 1.807) is 20.1 Å². The highest BCUT2D eigenvalue weighted by molar-refractivity contribution is 5.18. The number of ether oxygens (including phenoxy) is 1. The molecule has 1 aromatic rings. The minimum Gasteiger partial charge on any atom is -0.390 e. The van der Waals surface area contributed by atoms with Gasteiger partial charge in [0, 0.05) is 20.1 Å². The van der Waals surface area contributed by atoms with E-state index in [1.165, 1.54) is 12.1 Å². The minimum absolute atomic E-state index is 0.103. The molecule has 1 N–H and O–H groups in total. The van der Waals surface area contributed by atoms with E-state index < -0.39 is 5.60 Å². The van der Waals surface area contributed by atoms with Gasteiger partial charge in [-0.3, -0.25) is 0 Å². The fourth-order valence-electron chi connectivity index (χ4n) is 1.84. The van der Waals surface area contributed by atoms with E-state index in [0.29, 0.717) is 13.0 Å². The second-order valence-corrected chi connectivity index (χ2v) is 4.85. The first-order chi connectivity index (χ1) is 7.95. The minimum atomic E-state index is -0.841. The summed E-state index contributed by atoms with van der Waals surface area (Å²) in [5.74, 6) is -0.159. The molecule has 0 aliphatic heterocycles. The monoisotopic (exact) mass is 240 g/mol. The molecule has 0 heterocycles. The van der Waals surface area contributed by atoms with Crippen LogP contribution in [0.15, 0.2) is 24.3 Å². The van der Waals surface area contributed by atoms with Crippen molar-refractivity contribution in [2.24, 2.45) is 5.92 Å². The molecule has 1 aromatic carbocycles. The molecule has 3 heteroatoms. The number of rotatable bonds is 6. The second-order valence-electron chi connectivity index (χ2n) is 4.85. The van der Waals surface area contributed by atoms with Crippen molar-refractivity contribution in [2.75, 3.05) is 13.7 Å². The number of hydrogen-bond acceptors (Lipinski definition) is 2. The first-order valence-electron chi connectivity index (χ1n) is 5.91. The van der Waals surface area contributed by atoms with E-state index in [9.17, 15) is 9.50 Å². The number of benzene rings is 1. The normalized spacial score (nSPS) is 16.5. The smallest absolute Gasteiger partial charge is 0.123 e. The molecule has 0 spiro atoms. The third-order valence-corrected chi connectivity index (χ3v) is 3.27. The van der Waals surface area contributed by atoms with Crippen molar-refractivity contribution < 1.29 is 14.2 Å². The largest absolute Gasteiger partial charge is 0.390 e. The molecule has 1 rings (SSSR count). The Balaban J connectivity index is 2.65. The van der Waals surface area contributed by atoms with E-state index in [1.807, 2.05) is 13.0 Å². The zero-order chi connectivity index (χ0) is 12.9. The lowest BCUT2D eigenvalue weighted by Crippen LogP contribution is -2.36. The molecule has 2 unspecified atom stereocenters. The van der Waals surface area contributed by atoms with Crippen molar-refractivity contribution in [1.82, 2.24) is 0 Å². The molecule has 0 aromatic heterocycles. The molecule has 96 valence electrons. The summed E-state index contributed by atoms with van der Waals surface area (Å²) in [6.45, 7) is 4.40. The molecule has 0 amide bonds. The average molecular weight is 240 g/mol. The predicted molar refractivity (Wildman–Crippen MR) is 66.4 cm³/mol.